The van der Waals surface area contributed by atoms with E-state index >= 15 is 0 Å². The van der Waals surface area contributed by atoms with E-state index in [9.17, 15) is 8.42 Å². The van der Waals surface area contributed by atoms with Gasteiger partial charge in [-0.1, -0.05) is 20.8 Å². The minimum absolute atomic E-state index is 0.0258. The Morgan fingerprint density at radius 1 is 1.10 bits per heavy atom. The molecule has 0 spiro atoms. The van der Waals surface area contributed by atoms with Crippen LogP contribution >= 0.6 is 0 Å². The second kappa shape index (κ2) is 6.50. The summed E-state index contributed by atoms with van der Waals surface area (Å²) in [6.07, 6.45) is 0.769. The summed E-state index contributed by atoms with van der Waals surface area (Å²) < 4.78 is 32.2. The minimum atomic E-state index is -3.56. The highest BCUT2D eigenvalue weighted by atomic mass is 32.2. The Labute approximate surface area is 128 Å². The lowest BCUT2D eigenvalue weighted by Crippen LogP contribution is -2.34. The van der Waals surface area contributed by atoms with E-state index in [1.807, 2.05) is 20.8 Å². The van der Waals surface area contributed by atoms with Crippen LogP contribution in [0.25, 0.3) is 0 Å². The lowest BCUT2D eigenvalue weighted by molar-refractivity contribution is 0.356. The maximum absolute atomic E-state index is 12.1. The number of rotatable bonds is 6. The lowest BCUT2D eigenvalue weighted by Gasteiger charge is -2.19. The minimum Gasteiger partial charge on any atom is -0.447 e. The molecule has 0 radical (unpaired) electrons. The van der Waals surface area contributed by atoms with Crippen LogP contribution in [0.4, 0.5) is 0 Å². The van der Waals surface area contributed by atoms with Crippen molar-refractivity contribution >= 4 is 10.0 Å². The fourth-order valence-electron chi connectivity index (χ4n) is 1.58. The Balaban J connectivity index is 2.62. The van der Waals surface area contributed by atoms with Gasteiger partial charge in [-0.05, 0) is 44.7 Å². The molecule has 0 fully saturated rings. The monoisotopic (exact) mass is 316 g/mol. The zero-order valence-electron chi connectivity index (χ0n) is 13.9. The van der Waals surface area contributed by atoms with Crippen LogP contribution < -0.4 is 10.0 Å². The first-order valence-corrected chi connectivity index (χ1v) is 8.71. The average Bonchev–Trinajstić information content (AvgIpc) is 2.72. The van der Waals surface area contributed by atoms with Crippen molar-refractivity contribution in [1.82, 2.24) is 10.0 Å². The number of sulfonamides is 1. The van der Waals surface area contributed by atoms with Gasteiger partial charge in [-0.2, -0.15) is 0 Å². The topological polar surface area (TPSA) is 71.3 Å². The molecule has 0 atom stereocenters. The van der Waals surface area contributed by atoms with Crippen molar-refractivity contribution < 1.29 is 12.8 Å². The summed E-state index contributed by atoms with van der Waals surface area (Å²) >= 11 is 0. The molecule has 2 N–H and O–H groups in total. The van der Waals surface area contributed by atoms with Crippen LogP contribution in [0.5, 0.6) is 0 Å². The quantitative estimate of drug-likeness (QED) is 0.846. The van der Waals surface area contributed by atoms with Crippen molar-refractivity contribution in [3.05, 3.63) is 17.9 Å². The van der Waals surface area contributed by atoms with Gasteiger partial charge < -0.3 is 9.73 Å². The van der Waals surface area contributed by atoms with Gasteiger partial charge in [-0.3, -0.25) is 0 Å². The molecule has 1 aromatic heterocycles. The van der Waals surface area contributed by atoms with Crippen LogP contribution in [0.2, 0.25) is 0 Å². The van der Waals surface area contributed by atoms with Gasteiger partial charge in [0.15, 0.2) is 0 Å². The third-order valence-corrected chi connectivity index (χ3v) is 4.20. The molecule has 0 aromatic carbocycles. The normalized spacial score (nSPS) is 13.6. The van der Waals surface area contributed by atoms with Gasteiger partial charge in [0.1, 0.15) is 5.76 Å². The Bertz CT molecular complexity index is 548. The maximum Gasteiger partial charge on any atom is 0.273 e. The van der Waals surface area contributed by atoms with Gasteiger partial charge in [0.05, 0.1) is 6.54 Å². The van der Waals surface area contributed by atoms with E-state index in [1.165, 1.54) is 6.07 Å². The van der Waals surface area contributed by atoms with Gasteiger partial charge in [0.2, 0.25) is 5.09 Å². The molecule has 21 heavy (non-hydrogen) atoms. The van der Waals surface area contributed by atoms with Crippen LogP contribution in [0.15, 0.2) is 21.6 Å². The molecule has 0 aliphatic heterocycles. The molecular formula is C15H28N2O3S. The van der Waals surface area contributed by atoms with Crippen molar-refractivity contribution in [2.75, 3.05) is 6.54 Å². The first-order chi connectivity index (χ1) is 9.39. The van der Waals surface area contributed by atoms with Crippen LogP contribution in [0, 0.1) is 5.41 Å². The summed E-state index contributed by atoms with van der Waals surface area (Å²) in [5.41, 5.74) is 0.0459. The molecule has 0 unspecified atom stereocenters. The number of hydrogen-bond donors (Lipinski definition) is 2. The van der Waals surface area contributed by atoms with Gasteiger partial charge in [0, 0.05) is 12.1 Å². The van der Waals surface area contributed by atoms with Crippen LogP contribution in [-0.4, -0.2) is 20.5 Å². The Morgan fingerprint density at radius 2 is 1.71 bits per heavy atom. The third kappa shape index (κ3) is 7.11. The Hall–Kier alpha value is -0.850. The molecule has 1 heterocycles. The zero-order chi connectivity index (χ0) is 16.3. The van der Waals surface area contributed by atoms with E-state index in [1.54, 1.807) is 6.07 Å². The molecule has 0 aliphatic rings. The molecule has 1 rings (SSSR count). The predicted octanol–water partition coefficient (Wildman–Crippen LogP) is 2.88. The smallest absolute Gasteiger partial charge is 0.273 e. The Kier molecular flexibility index (Phi) is 5.63. The van der Waals surface area contributed by atoms with Gasteiger partial charge in [-0.25, -0.2) is 13.1 Å². The lowest BCUT2D eigenvalue weighted by atomic mass is 9.93. The summed E-state index contributed by atoms with van der Waals surface area (Å²) in [5.74, 6) is 0.612. The van der Waals surface area contributed by atoms with Crippen molar-refractivity contribution in [3.63, 3.8) is 0 Å². The van der Waals surface area contributed by atoms with Crippen LogP contribution in [0.3, 0.4) is 0 Å². The standard InChI is InChI=1S/C15H28N2O3S/c1-14(2,3)9-10-17-21(18,19)13-8-7-12(20-13)11-16-15(4,5)6/h7-8,16-17H,9-11H2,1-6H3. The zero-order valence-corrected chi connectivity index (χ0v) is 14.7. The Morgan fingerprint density at radius 3 is 2.24 bits per heavy atom. The van der Waals surface area contributed by atoms with Gasteiger partial charge in [-0.15, -0.1) is 0 Å². The summed E-state index contributed by atoms with van der Waals surface area (Å²) in [4.78, 5) is 0. The highest BCUT2D eigenvalue weighted by molar-refractivity contribution is 7.89. The largest absolute Gasteiger partial charge is 0.447 e. The summed E-state index contributed by atoms with van der Waals surface area (Å²) in [5, 5.41) is 3.23. The van der Waals surface area contributed by atoms with Crippen molar-refractivity contribution in [2.24, 2.45) is 5.41 Å². The second-order valence-corrected chi connectivity index (χ2v) is 9.23. The molecule has 6 heteroatoms. The van der Waals surface area contributed by atoms with Gasteiger partial charge in [0.25, 0.3) is 10.0 Å². The summed E-state index contributed by atoms with van der Waals surface area (Å²) in [7, 11) is -3.56. The van der Waals surface area contributed by atoms with E-state index in [0.29, 0.717) is 18.8 Å². The molecule has 5 nitrogen and oxygen atoms in total. The molecule has 0 saturated carbocycles. The SMILES string of the molecule is CC(C)(C)CCNS(=O)(=O)c1ccc(CNC(C)(C)C)o1. The first kappa shape index (κ1) is 18.2. The molecule has 0 amide bonds. The molecule has 1 aromatic rings. The van der Waals surface area contributed by atoms with Crippen molar-refractivity contribution in [3.8, 4) is 0 Å². The maximum atomic E-state index is 12.1. The molecule has 0 saturated heterocycles. The first-order valence-electron chi connectivity index (χ1n) is 7.22. The molecular weight excluding hydrogens is 288 g/mol. The number of furan rings is 1. The van der Waals surface area contributed by atoms with Crippen LogP contribution in [-0.2, 0) is 16.6 Å². The van der Waals surface area contributed by atoms with E-state index in [0.717, 1.165) is 6.42 Å². The van der Waals surface area contributed by atoms with E-state index in [2.05, 4.69) is 30.8 Å². The number of hydrogen-bond acceptors (Lipinski definition) is 4. The number of nitrogens with one attached hydrogen (secondary N) is 2. The average molecular weight is 316 g/mol. The van der Waals surface area contributed by atoms with Gasteiger partial charge >= 0.3 is 0 Å². The fourth-order valence-corrected chi connectivity index (χ4v) is 2.56. The van der Waals surface area contributed by atoms with Crippen molar-refractivity contribution in [2.45, 2.75) is 65.1 Å². The van der Waals surface area contributed by atoms with Crippen LogP contribution in [0.1, 0.15) is 53.7 Å². The van der Waals surface area contributed by atoms with E-state index < -0.39 is 10.0 Å². The summed E-state index contributed by atoms with van der Waals surface area (Å²) in [6.45, 7) is 13.3. The predicted molar refractivity (Wildman–Crippen MR) is 84.6 cm³/mol. The molecule has 122 valence electrons. The fraction of sp³-hybridized carbons (Fsp3) is 0.733. The summed E-state index contributed by atoms with van der Waals surface area (Å²) in [6, 6.07) is 3.19. The van der Waals surface area contributed by atoms with E-state index in [-0.39, 0.29) is 16.0 Å². The second-order valence-electron chi connectivity index (χ2n) is 7.53. The van der Waals surface area contributed by atoms with Crippen molar-refractivity contribution in [1.29, 1.82) is 0 Å². The molecule has 0 aliphatic carbocycles. The molecule has 0 bridgehead atoms. The third-order valence-electron chi connectivity index (χ3n) is 2.86. The highest BCUT2D eigenvalue weighted by Crippen LogP contribution is 2.19. The van der Waals surface area contributed by atoms with E-state index in [4.69, 9.17) is 4.42 Å². The highest BCUT2D eigenvalue weighted by Gasteiger charge is 2.20.